The van der Waals surface area contributed by atoms with Crippen LogP contribution >= 0.6 is 0 Å². The zero-order chi connectivity index (χ0) is 12.7. The molecule has 0 aromatic heterocycles. The van der Waals surface area contributed by atoms with Crippen LogP contribution in [0.1, 0.15) is 30.5 Å². The van der Waals surface area contributed by atoms with Gasteiger partial charge < -0.3 is 0 Å². The van der Waals surface area contributed by atoms with Crippen LogP contribution in [-0.4, -0.2) is 0 Å². The van der Waals surface area contributed by atoms with Gasteiger partial charge in [0.2, 0.25) is 0 Å². The quantitative estimate of drug-likeness (QED) is 0.614. The standard InChI is InChI=1S/C17H17F/c1-11(2)7-14-9-13-8-12-5-3-4-6-15(12)16(13)10-17(14)18/h3-6,9-11H,7-8H2,1-2H3. The predicted molar refractivity (Wildman–Crippen MR) is 73.2 cm³/mol. The van der Waals surface area contributed by atoms with E-state index in [2.05, 4.69) is 38.1 Å². The number of hydrogen-bond acceptors (Lipinski definition) is 0. The van der Waals surface area contributed by atoms with E-state index in [-0.39, 0.29) is 5.82 Å². The maximum Gasteiger partial charge on any atom is 0.127 e. The van der Waals surface area contributed by atoms with Crippen LogP contribution in [0.4, 0.5) is 4.39 Å². The minimum absolute atomic E-state index is 0.0563. The highest BCUT2D eigenvalue weighted by Crippen LogP contribution is 2.37. The summed E-state index contributed by atoms with van der Waals surface area (Å²) >= 11 is 0. The van der Waals surface area contributed by atoms with Crippen molar-refractivity contribution in [1.29, 1.82) is 0 Å². The van der Waals surface area contributed by atoms with Gasteiger partial charge in [0.15, 0.2) is 0 Å². The van der Waals surface area contributed by atoms with Crippen LogP contribution in [-0.2, 0) is 12.8 Å². The van der Waals surface area contributed by atoms with Crippen LogP contribution < -0.4 is 0 Å². The van der Waals surface area contributed by atoms with Gasteiger partial charge in [0, 0.05) is 0 Å². The molecule has 0 spiro atoms. The Balaban J connectivity index is 2.08. The lowest BCUT2D eigenvalue weighted by molar-refractivity contribution is 0.574. The van der Waals surface area contributed by atoms with Gasteiger partial charge >= 0.3 is 0 Å². The van der Waals surface area contributed by atoms with Gasteiger partial charge in [-0.25, -0.2) is 4.39 Å². The van der Waals surface area contributed by atoms with Crippen molar-refractivity contribution in [2.45, 2.75) is 26.7 Å². The highest BCUT2D eigenvalue weighted by atomic mass is 19.1. The molecule has 0 heterocycles. The van der Waals surface area contributed by atoms with Crippen LogP contribution in [0.25, 0.3) is 11.1 Å². The fourth-order valence-corrected chi connectivity index (χ4v) is 2.80. The summed E-state index contributed by atoms with van der Waals surface area (Å²) in [5.74, 6) is 0.431. The van der Waals surface area contributed by atoms with E-state index in [0.717, 1.165) is 24.0 Å². The van der Waals surface area contributed by atoms with Gasteiger partial charge in [0.1, 0.15) is 5.82 Å². The average molecular weight is 240 g/mol. The Hall–Kier alpha value is -1.63. The average Bonchev–Trinajstić information content (AvgIpc) is 2.67. The minimum atomic E-state index is -0.0563. The largest absolute Gasteiger partial charge is 0.207 e. The summed E-state index contributed by atoms with van der Waals surface area (Å²) in [6.07, 6.45) is 1.76. The second-order valence-corrected chi connectivity index (χ2v) is 5.53. The first-order valence-electron chi connectivity index (χ1n) is 6.54. The Morgan fingerprint density at radius 2 is 1.83 bits per heavy atom. The number of benzene rings is 2. The van der Waals surface area contributed by atoms with Crippen LogP contribution in [0.5, 0.6) is 0 Å². The Morgan fingerprint density at radius 3 is 2.61 bits per heavy atom. The fraction of sp³-hybridized carbons (Fsp3) is 0.294. The van der Waals surface area contributed by atoms with E-state index in [1.807, 2.05) is 6.07 Å². The van der Waals surface area contributed by atoms with E-state index in [9.17, 15) is 4.39 Å². The lowest BCUT2D eigenvalue weighted by atomic mass is 9.97. The van der Waals surface area contributed by atoms with Gasteiger partial charge in [-0.2, -0.15) is 0 Å². The van der Waals surface area contributed by atoms with Gasteiger partial charge in [-0.3, -0.25) is 0 Å². The third-order valence-electron chi connectivity index (χ3n) is 3.59. The first-order chi connectivity index (χ1) is 8.65. The topological polar surface area (TPSA) is 0 Å². The molecule has 0 aliphatic heterocycles. The first kappa shape index (κ1) is 11.5. The molecule has 2 aromatic carbocycles. The molecule has 2 aromatic rings. The molecule has 0 fully saturated rings. The normalized spacial score (nSPS) is 12.7. The van der Waals surface area contributed by atoms with Crippen molar-refractivity contribution >= 4 is 0 Å². The van der Waals surface area contributed by atoms with Gasteiger partial charge in [-0.15, -0.1) is 0 Å². The van der Waals surface area contributed by atoms with Crippen molar-refractivity contribution in [3.63, 3.8) is 0 Å². The molecular weight excluding hydrogens is 223 g/mol. The smallest absolute Gasteiger partial charge is 0.127 e. The van der Waals surface area contributed by atoms with Gasteiger partial charge in [0.05, 0.1) is 0 Å². The van der Waals surface area contributed by atoms with Crippen molar-refractivity contribution in [2.75, 3.05) is 0 Å². The highest BCUT2D eigenvalue weighted by molar-refractivity contribution is 5.77. The van der Waals surface area contributed by atoms with E-state index in [0.29, 0.717) is 5.92 Å². The Bertz CT molecular complexity index is 597. The summed E-state index contributed by atoms with van der Waals surface area (Å²) in [6.45, 7) is 4.25. The monoisotopic (exact) mass is 240 g/mol. The molecule has 92 valence electrons. The zero-order valence-electron chi connectivity index (χ0n) is 10.8. The summed E-state index contributed by atoms with van der Waals surface area (Å²) in [5.41, 5.74) is 5.72. The molecule has 0 bridgehead atoms. The van der Waals surface area contributed by atoms with Crippen molar-refractivity contribution in [3.05, 3.63) is 58.9 Å². The second kappa shape index (κ2) is 4.24. The van der Waals surface area contributed by atoms with Gasteiger partial charge in [-0.1, -0.05) is 44.2 Å². The molecule has 0 N–H and O–H groups in total. The van der Waals surface area contributed by atoms with Crippen molar-refractivity contribution < 1.29 is 4.39 Å². The molecule has 0 amide bonds. The van der Waals surface area contributed by atoms with E-state index >= 15 is 0 Å². The molecule has 0 saturated heterocycles. The molecule has 0 unspecified atom stereocenters. The molecular formula is C17H17F. The number of fused-ring (bicyclic) bond motifs is 3. The van der Waals surface area contributed by atoms with Crippen LogP contribution in [0.15, 0.2) is 36.4 Å². The minimum Gasteiger partial charge on any atom is -0.207 e. The predicted octanol–water partition coefficient (Wildman–Crippen LogP) is 4.60. The van der Waals surface area contributed by atoms with E-state index < -0.39 is 0 Å². The second-order valence-electron chi connectivity index (χ2n) is 5.53. The van der Waals surface area contributed by atoms with E-state index in [4.69, 9.17) is 0 Å². The van der Waals surface area contributed by atoms with Crippen molar-refractivity contribution in [2.24, 2.45) is 5.92 Å². The van der Waals surface area contributed by atoms with Crippen molar-refractivity contribution in [1.82, 2.24) is 0 Å². The summed E-state index contributed by atoms with van der Waals surface area (Å²) in [5, 5.41) is 0. The number of hydrogen-bond donors (Lipinski definition) is 0. The Kier molecular flexibility index (Phi) is 2.70. The first-order valence-corrected chi connectivity index (χ1v) is 6.54. The molecule has 1 aliphatic rings. The van der Waals surface area contributed by atoms with Gasteiger partial charge in [0.25, 0.3) is 0 Å². The van der Waals surface area contributed by atoms with E-state index in [1.54, 1.807) is 6.07 Å². The Morgan fingerprint density at radius 1 is 1.06 bits per heavy atom. The molecule has 0 nitrogen and oxygen atoms in total. The van der Waals surface area contributed by atoms with Crippen LogP contribution in [0.2, 0.25) is 0 Å². The number of rotatable bonds is 2. The fourth-order valence-electron chi connectivity index (χ4n) is 2.80. The number of halogens is 1. The summed E-state index contributed by atoms with van der Waals surface area (Å²) in [7, 11) is 0. The maximum absolute atomic E-state index is 14.1. The third-order valence-corrected chi connectivity index (χ3v) is 3.59. The summed E-state index contributed by atoms with van der Waals surface area (Å²) in [6, 6.07) is 12.1. The molecule has 18 heavy (non-hydrogen) atoms. The molecule has 0 saturated carbocycles. The van der Waals surface area contributed by atoms with E-state index in [1.165, 1.54) is 16.7 Å². The van der Waals surface area contributed by atoms with Crippen LogP contribution in [0, 0.1) is 11.7 Å². The zero-order valence-corrected chi connectivity index (χ0v) is 10.8. The SMILES string of the molecule is CC(C)Cc1cc2c(cc1F)-c1ccccc1C2. The highest BCUT2D eigenvalue weighted by Gasteiger charge is 2.20. The lowest BCUT2D eigenvalue weighted by Gasteiger charge is -2.09. The molecule has 1 aliphatic carbocycles. The lowest BCUT2D eigenvalue weighted by Crippen LogP contribution is -1.99. The maximum atomic E-state index is 14.1. The molecule has 0 atom stereocenters. The summed E-state index contributed by atoms with van der Waals surface area (Å²) < 4.78 is 14.1. The third kappa shape index (κ3) is 1.84. The van der Waals surface area contributed by atoms with Crippen molar-refractivity contribution in [3.8, 4) is 11.1 Å². The molecule has 1 heteroatoms. The van der Waals surface area contributed by atoms with Gasteiger partial charge in [-0.05, 0) is 52.6 Å². The Labute approximate surface area is 107 Å². The molecule has 0 radical (unpaired) electrons. The molecule has 3 rings (SSSR count). The summed E-state index contributed by atoms with van der Waals surface area (Å²) in [4.78, 5) is 0. The van der Waals surface area contributed by atoms with Crippen LogP contribution in [0.3, 0.4) is 0 Å².